The molecule has 1 aromatic rings. The first-order valence-corrected chi connectivity index (χ1v) is 6.33. The van der Waals surface area contributed by atoms with Gasteiger partial charge in [0.2, 0.25) is 0 Å². The first-order valence-electron chi connectivity index (χ1n) is 6.33. The monoisotopic (exact) mass is 233 g/mol. The van der Waals surface area contributed by atoms with Crippen molar-refractivity contribution in [3.63, 3.8) is 0 Å². The van der Waals surface area contributed by atoms with Crippen LogP contribution in [-0.4, -0.2) is 20.7 Å². The molecule has 0 saturated heterocycles. The van der Waals surface area contributed by atoms with Crippen LogP contribution in [0, 0.1) is 11.3 Å². The Labute approximate surface area is 104 Å². The molecule has 1 aliphatic carbocycles. The third-order valence-corrected chi connectivity index (χ3v) is 4.12. The summed E-state index contributed by atoms with van der Waals surface area (Å²) in [5.41, 5.74) is 3.15. The number of nitrogens with one attached hydrogen (secondary N) is 1. The van der Waals surface area contributed by atoms with Gasteiger partial charge in [-0.25, -0.2) is 0 Å². The van der Waals surface area contributed by atoms with E-state index in [0.717, 1.165) is 12.5 Å². The molecule has 0 aromatic heterocycles. The quantitative estimate of drug-likeness (QED) is 0.844. The number of methoxy groups -OCH3 is 1. The van der Waals surface area contributed by atoms with E-state index in [4.69, 9.17) is 4.74 Å². The molecule has 17 heavy (non-hydrogen) atoms. The van der Waals surface area contributed by atoms with E-state index in [1.807, 2.05) is 7.05 Å². The zero-order chi connectivity index (χ0) is 12.5. The lowest BCUT2D eigenvalue weighted by Gasteiger charge is -2.05. The molecule has 2 nitrogen and oxygen atoms in total. The molecule has 1 aromatic carbocycles. The van der Waals surface area contributed by atoms with Crippen LogP contribution in [0.25, 0.3) is 0 Å². The lowest BCUT2D eigenvalue weighted by Crippen LogP contribution is -2.12. The van der Waals surface area contributed by atoms with Crippen LogP contribution in [-0.2, 0) is 11.3 Å². The maximum atomic E-state index is 5.13. The normalized spacial score (nSPS) is 25.9. The van der Waals surface area contributed by atoms with Gasteiger partial charge >= 0.3 is 0 Å². The second kappa shape index (κ2) is 4.79. The highest BCUT2D eigenvalue weighted by Gasteiger charge is 2.57. The number of rotatable bonds is 5. The fourth-order valence-corrected chi connectivity index (χ4v) is 2.99. The Hall–Kier alpha value is -0.860. The van der Waals surface area contributed by atoms with Crippen molar-refractivity contribution in [1.29, 1.82) is 0 Å². The number of hydrogen-bond acceptors (Lipinski definition) is 2. The second-order valence-electron chi connectivity index (χ2n) is 5.64. The highest BCUT2D eigenvalue weighted by atomic mass is 16.5. The summed E-state index contributed by atoms with van der Waals surface area (Å²) in [7, 11) is 3.77. The fraction of sp³-hybridized carbons (Fsp3) is 0.600. The Balaban J connectivity index is 2.08. The number of benzene rings is 1. The summed E-state index contributed by atoms with van der Waals surface area (Å²) in [6.07, 6.45) is 0. The SMILES string of the molecule is CNCC1C(c2ccc(COC)cc2)C1(C)C. The standard InChI is InChI=1S/C15H23NO/c1-15(2)13(9-16-3)14(15)12-7-5-11(6-8-12)10-17-4/h5-8,13-14,16H,9-10H2,1-4H3. The largest absolute Gasteiger partial charge is 0.380 e. The van der Waals surface area contributed by atoms with Crippen molar-refractivity contribution in [1.82, 2.24) is 5.32 Å². The molecule has 0 spiro atoms. The summed E-state index contributed by atoms with van der Waals surface area (Å²) < 4.78 is 5.13. The van der Waals surface area contributed by atoms with Crippen LogP contribution in [0.15, 0.2) is 24.3 Å². The minimum Gasteiger partial charge on any atom is -0.380 e. The maximum Gasteiger partial charge on any atom is 0.0713 e. The van der Waals surface area contributed by atoms with Crippen molar-refractivity contribution < 1.29 is 4.74 Å². The van der Waals surface area contributed by atoms with Gasteiger partial charge in [-0.2, -0.15) is 0 Å². The van der Waals surface area contributed by atoms with Crippen molar-refractivity contribution in [2.45, 2.75) is 26.4 Å². The van der Waals surface area contributed by atoms with Gasteiger partial charge in [-0.3, -0.25) is 0 Å². The van der Waals surface area contributed by atoms with Crippen LogP contribution < -0.4 is 5.32 Å². The maximum absolute atomic E-state index is 5.13. The van der Waals surface area contributed by atoms with Crippen molar-refractivity contribution in [3.8, 4) is 0 Å². The minimum atomic E-state index is 0.436. The summed E-state index contributed by atoms with van der Waals surface area (Å²) in [5, 5.41) is 3.30. The molecule has 2 heteroatoms. The molecule has 2 unspecified atom stereocenters. The van der Waals surface area contributed by atoms with Gasteiger partial charge < -0.3 is 10.1 Å². The van der Waals surface area contributed by atoms with E-state index in [1.165, 1.54) is 11.1 Å². The van der Waals surface area contributed by atoms with E-state index in [2.05, 4.69) is 43.4 Å². The van der Waals surface area contributed by atoms with Gasteiger partial charge in [0.05, 0.1) is 6.61 Å². The molecule has 1 aliphatic rings. The average molecular weight is 233 g/mol. The molecule has 2 atom stereocenters. The summed E-state index contributed by atoms with van der Waals surface area (Å²) in [4.78, 5) is 0. The third kappa shape index (κ3) is 2.38. The molecular weight excluding hydrogens is 210 g/mol. The first kappa shape index (κ1) is 12.6. The van der Waals surface area contributed by atoms with Crippen LogP contribution in [0.1, 0.15) is 30.9 Å². The topological polar surface area (TPSA) is 21.3 Å². The third-order valence-electron chi connectivity index (χ3n) is 4.12. The Morgan fingerprint density at radius 1 is 1.24 bits per heavy atom. The number of hydrogen-bond donors (Lipinski definition) is 1. The molecule has 1 fully saturated rings. The first-order chi connectivity index (χ1) is 8.11. The van der Waals surface area contributed by atoms with E-state index >= 15 is 0 Å². The Bertz CT molecular complexity index is 369. The van der Waals surface area contributed by atoms with E-state index < -0.39 is 0 Å². The van der Waals surface area contributed by atoms with Gasteiger partial charge in [-0.1, -0.05) is 38.1 Å². The molecule has 1 saturated carbocycles. The second-order valence-corrected chi connectivity index (χ2v) is 5.64. The van der Waals surface area contributed by atoms with Crippen molar-refractivity contribution in [3.05, 3.63) is 35.4 Å². The van der Waals surface area contributed by atoms with Gasteiger partial charge in [0.25, 0.3) is 0 Å². The Kier molecular flexibility index (Phi) is 3.55. The van der Waals surface area contributed by atoms with Gasteiger partial charge in [0, 0.05) is 7.11 Å². The van der Waals surface area contributed by atoms with Crippen molar-refractivity contribution in [2.75, 3.05) is 20.7 Å². The predicted octanol–water partition coefficient (Wildman–Crippen LogP) is 2.79. The summed E-state index contributed by atoms with van der Waals surface area (Å²) in [5.74, 6) is 1.47. The molecule has 2 rings (SSSR count). The summed E-state index contributed by atoms with van der Waals surface area (Å²) in [6, 6.07) is 8.89. The van der Waals surface area contributed by atoms with Gasteiger partial charge in [0.15, 0.2) is 0 Å². The van der Waals surface area contributed by atoms with E-state index in [-0.39, 0.29) is 0 Å². The van der Waals surface area contributed by atoms with E-state index in [0.29, 0.717) is 17.9 Å². The highest BCUT2D eigenvalue weighted by molar-refractivity contribution is 5.33. The Morgan fingerprint density at radius 2 is 1.88 bits per heavy atom. The highest BCUT2D eigenvalue weighted by Crippen LogP contribution is 2.63. The number of ether oxygens (including phenoxy) is 1. The molecule has 1 N–H and O–H groups in total. The molecule has 0 heterocycles. The van der Waals surface area contributed by atoms with Crippen molar-refractivity contribution >= 4 is 0 Å². The molecule has 0 aliphatic heterocycles. The predicted molar refractivity (Wildman–Crippen MR) is 71.1 cm³/mol. The zero-order valence-corrected chi connectivity index (χ0v) is 11.3. The zero-order valence-electron chi connectivity index (χ0n) is 11.3. The molecule has 0 bridgehead atoms. The smallest absolute Gasteiger partial charge is 0.0713 e. The van der Waals surface area contributed by atoms with Gasteiger partial charge in [-0.05, 0) is 42.0 Å². The van der Waals surface area contributed by atoms with Gasteiger partial charge in [0.1, 0.15) is 0 Å². The van der Waals surface area contributed by atoms with Crippen molar-refractivity contribution in [2.24, 2.45) is 11.3 Å². The summed E-state index contributed by atoms with van der Waals surface area (Å²) >= 11 is 0. The van der Waals surface area contributed by atoms with Crippen LogP contribution >= 0.6 is 0 Å². The molecule has 94 valence electrons. The van der Waals surface area contributed by atoms with E-state index in [1.54, 1.807) is 7.11 Å². The van der Waals surface area contributed by atoms with Crippen LogP contribution in [0.3, 0.4) is 0 Å². The molecule has 0 radical (unpaired) electrons. The lowest BCUT2D eigenvalue weighted by atomic mass is 10.0. The Morgan fingerprint density at radius 3 is 2.41 bits per heavy atom. The fourth-order valence-electron chi connectivity index (χ4n) is 2.99. The van der Waals surface area contributed by atoms with E-state index in [9.17, 15) is 0 Å². The minimum absolute atomic E-state index is 0.436. The van der Waals surface area contributed by atoms with Gasteiger partial charge in [-0.15, -0.1) is 0 Å². The van der Waals surface area contributed by atoms with Crippen LogP contribution in [0.2, 0.25) is 0 Å². The average Bonchev–Trinajstić information content (AvgIpc) is 2.83. The van der Waals surface area contributed by atoms with Crippen LogP contribution in [0.4, 0.5) is 0 Å². The molecule has 0 amide bonds. The lowest BCUT2D eigenvalue weighted by molar-refractivity contribution is 0.185. The summed E-state index contributed by atoms with van der Waals surface area (Å²) in [6.45, 7) is 6.54. The molecular formula is C15H23NO. The van der Waals surface area contributed by atoms with Crippen LogP contribution in [0.5, 0.6) is 0 Å².